The Hall–Kier alpha value is -1.02. The summed E-state index contributed by atoms with van der Waals surface area (Å²) >= 11 is 0. The number of nitrogens with one attached hydrogen (secondary N) is 1. The Morgan fingerprint density at radius 1 is 1.25 bits per heavy atom. The van der Waals surface area contributed by atoms with Gasteiger partial charge in [0.2, 0.25) is 11.8 Å². The van der Waals surface area contributed by atoms with Gasteiger partial charge in [0.1, 0.15) is 6.54 Å². The van der Waals surface area contributed by atoms with Gasteiger partial charge in [0.05, 0.1) is 5.92 Å². The van der Waals surface area contributed by atoms with Gasteiger partial charge in [-0.15, -0.1) is 12.4 Å². The van der Waals surface area contributed by atoms with Crippen LogP contribution >= 0.6 is 12.4 Å². The number of hydrogen-bond donors (Lipinski definition) is 1. The summed E-state index contributed by atoms with van der Waals surface area (Å²) < 4.78 is 37.3. The SMILES string of the molecule is Cl.O=C1CC(C(=O)N2CCC3(CCNC3)CC2)CN1CC(F)(F)F. The van der Waals surface area contributed by atoms with Crippen LogP contribution in [-0.4, -0.2) is 67.1 Å². The first kappa shape index (κ1) is 19.3. The number of alkyl halides is 3. The molecule has 0 bridgehead atoms. The van der Waals surface area contributed by atoms with Gasteiger partial charge < -0.3 is 15.1 Å². The summed E-state index contributed by atoms with van der Waals surface area (Å²) in [6.45, 7) is 1.91. The highest BCUT2D eigenvalue weighted by Crippen LogP contribution is 2.37. The lowest BCUT2D eigenvalue weighted by Gasteiger charge is -2.39. The Morgan fingerprint density at radius 3 is 2.46 bits per heavy atom. The summed E-state index contributed by atoms with van der Waals surface area (Å²) in [4.78, 5) is 26.7. The second-order valence-electron chi connectivity index (χ2n) is 7.04. The predicted octanol–water partition coefficient (Wildman–Crippen LogP) is 1.42. The van der Waals surface area contributed by atoms with Crippen molar-refractivity contribution < 1.29 is 22.8 Å². The minimum Gasteiger partial charge on any atom is -0.342 e. The molecule has 3 rings (SSSR count). The van der Waals surface area contributed by atoms with Crippen molar-refractivity contribution >= 4 is 24.2 Å². The molecule has 1 spiro atoms. The van der Waals surface area contributed by atoms with E-state index in [2.05, 4.69) is 5.32 Å². The van der Waals surface area contributed by atoms with Crippen molar-refractivity contribution in [1.29, 1.82) is 0 Å². The molecule has 0 aromatic heterocycles. The molecule has 0 radical (unpaired) electrons. The third-order valence-corrected chi connectivity index (χ3v) is 5.40. The average Bonchev–Trinajstić information content (AvgIpc) is 3.06. The van der Waals surface area contributed by atoms with Crippen LogP contribution in [0.1, 0.15) is 25.7 Å². The molecule has 3 saturated heterocycles. The zero-order valence-corrected chi connectivity index (χ0v) is 14.2. The van der Waals surface area contributed by atoms with E-state index in [0.29, 0.717) is 13.1 Å². The summed E-state index contributed by atoms with van der Waals surface area (Å²) in [7, 11) is 0. The summed E-state index contributed by atoms with van der Waals surface area (Å²) in [6.07, 6.45) is -1.54. The fourth-order valence-electron chi connectivity index (χ4n) is 3.99. The molecule has 24 heavy (non-hydrogen) atoms. The monoisotopic (exact) mass is 369 g/mol. The molecule has 0 aliphatic carbocycles. The molecular formula is C15H23ClF3N3O2. The number of carbonyl (C=O) groups is 2. The zero-order valence-electron chi connectivity index (χ0n) is 13.4. The second kappa shape index (κ2) is 7.07. The minimum atomic E-state index is -4.42. The lowest BCUT2D eigenvalue weighted by atomic mass is 9.77. The number of likely N-dealkylation sites (tertiary alicyclic amines) is 2. The first-order valence-electron chi connectivity index (χ1n) is 8.12. The first-order chi connectivity index (χ1) is 10.8. The van der Waals surface area contributed by atoms with Crippen LogP contribution in [0, 0.1) is 11.3 Å². The molecule has 1 unspecified atom stereocenters. The highest BCUT2D eigenvalue weighted by molar-refractivity contribution is 5.89. The van der Waals surface area contributed by atoms with Gasteiger partial charge in [-0.25, -0.2) is 0 Å². The number of carbonyl (C=O) groups excluding carboxylic acids is 2. The predicted molar refractivity (Wildman–Crippen MR) is 83.7 cm³/mol. The Bertz CT molecular complexity index is 485. The summed E-state index contributed by atoms with van der Waals surface area (Å²) in [5, 5.41) is 3.35. The van der Waals surface area contributed by atoms with Gasteiger partial charge >= 0.3 is 6.18 Å². The topological polar surface area (TPSA) is 52.7 Å². The lowest BCUT2D eigenvalue weighted by molar-refractivity contribution is -0.157. The van der Waals surface area contributed by atoms with Gasteiger partial charge in [0, 0.05) is 32.6 Å². The van der Waals surface area contributed by atoms with Crippen LogP contribution < -0.4 is 5.32 Å². The number of piperidine rings is 1. The van der Waals surface area contributed by atoms with E-state index in [1.165, 1.54) is 0 Å². The molecular weight excluding hydrogens is 347 g/mol. The van der Waals surface area contributed by atoms with E-state index in [1.54, 1.807) is 4.90 Å². The normalized spacial score (nSPS) is 26.8. The van der Waals surface area contributed by atoms with Crippen LogP contribution in [-0.2, 0) is 9.59 Å². The molecule has 0 aromatic carbocycles. The third kappa shape index (κ3) is 4.14. The zero-order chi connectivity index (χ0) is 16.7. The Morgan fingerprint density at radius 2 is 1.92 bits per heavy atom. The number of hydrogen-bond acceptors (Lipinski definition) is 3. The van der Waals surface area contributed by atoms with E-state index in [1.807, 2.05) is 0 Å². The maximum absolute atomic E-state index is 12.5. The summed E-state index contributed by atoms with van der Waals surface area (Å²) in [6, 6.07) is 0. The van der Waals surface area contributed by atoms with E-state index in [-0.39, 0.29) is 36.7 Å². The molecule has 2 amide bonds. The van der Waals surface area contributed by atoms with Gasteiger partial charge in [0.25, 0.3) is 0 Å². The van der Waals surface area contributed by atoms with E-state index >= 15 is 0 Å². The molecule has 9 heteroatoms. The van der Waals surface area contributed by atoms with E-state index < -0.39 is 24.5 Å². The number of rotatable bonds is 2. The highest BCUT2D eigenvalue weighted by atomic mass is 35.5. The molecule has 3 fully saturated rings. The highest BCUT2D eigenvalue weighted by Gasteiger charge is 2.43. The molecule has 3 heterocycles. The fourth-order valence-corrected chi connectivity index (χ4v) is 3.99. The molecule has 5 nitrogen and oxygen atoms in total. The smallest absolute Gasteiger partial charge is 0.342 e. The first-order valence-corrected chi connectivity index (χ1v) is 8.12. The summed E-state index contributed by atoms with van der Waals surface area (Å²) in [5.41, 5.74) is 0.282. The van der Waals surface area contributed by atoms with E-state index in [4.69, 9.17) is 0 Å². The molecule has 0 saturated carbocycles. The van der Waals surface area contributed by atoms with Gasteiger partial charge in [-0.2, -0.15) is 13.2 Å². The number of amides is 2. The van der Waals surface area contributed by atoms with Crippen molar-refractivity contribution in [1.82, 2.24) is 15.1 Å². The van der Waals surface area contributed by atoms with E-state index in [9.17, 15) is 22.8 Å². The second-order valence-corrected chi connectivity index (χ2v) is 7.04. The van der Waals surface area contributed by atoms with Crippen molar-refractivity contribution in [3.05, 3.63) is 0 Å². The molecule has 138 valence electrons. The molecule has 1 atom stereocenters. The van der Waals surface area contributed by atoms with E-state index in [0.717, 1.165) is 37.3 Å². The summed E-state index contributed by atoms with van der Waals surface area (Å²) in [5.74, 6) is -1.36. The van der Waals surface area contributed by atoms with Gasteiger partial charge in [-0.05, 0) is 31.2 Å². The van der Waals surface area contributed by atoms with Gasteiger partial charge in [-0.1, -0.05) is 0 Å². The van der Waals surface area contributed by atoms with Crippen molar-refractivity contribution in [3.63, 3.8) is 0 Å². The van der Waals surface area contributed by atoms with Crippen LogP contribution in [0.25, 0.3) is 0 Å². The van der Waals surface area contributed by atoms with Crippen molar-refractivity contribution in [2.75, 3.05) is 39.3 Å². The number of halogens is 4. The molecule has 1 N–H and O–H groups in total. The Balaban J connectivity index is 0.00000208. The van der Waals surface area contributed by atoms with Crippen LogP contribution in [0.5, 0.6) is 0 Å². The largest absolute Gasteiger partial charge is 0.406 e. The van der Waals surface area contributed by atoms with Crippen molar-refractivity contribution in [3.8, 4) is 0 Å². The molecule has 3 aliphatic heterocycles. The average molecular weight is 370 g/mol. The lowest BCUT2D eigenvalue weighted by Crippen LogP contribution is -2.46. The van der Waals surface area contributed by atoms with Gasteiger partial charge in [0.15, 0.2) is 0 Å². The van der Waals surface area contributed by atoms with Crippen LogP contribution in [0.2, 0.25) is 0 Å². The number of nitrogens with zero attached hydrogens (tertiary/aromatic N) is 2. The molecule has 0 aromatic rings. The fraction of sp³-hybridized carbons (Fsp3) is 0.867. The maximum atomic E-state index is 12.5. The van der Waals surface area contributed by atoms with Crippen molar-refractivity contribution in [2.45, 2.75) is 31.9 Å². The Kier molecular flexibility index (Phi) is 5.69. The van der Waals surface area contributed by atoms with Crippen LogP contribution in [0.15, 0.2) is 0 Å². The standard InChI is InChI=1S/C15H22F3N3O2.ClH/c16-15(17,18)10-21-8-11(7-12(21)22)13(23)20-5-2-14(3-6-20)1-4-19-9-14;/h11,19H,1-10H2;1H. The van der Waals surface area contributed by atoms with Crippen molar-refractivity contribution in [2.24, 2.45) is 11.3 Å². The third-order valence-electron chi connectivity index (χ3n) is 5.40. The molecule has 3 aliphatic rings. The van der Waals surface area contributed by atoms with Crippen LogP contribution in [0.3, 0.4) is 0 Å². The Labute approximate surface area is 145 Å². The van der Waals surface area contributed by atoms with Gasteiger partial charge in [-0.3, -0.25) is 9.59 Å². The quantitative estimate of drug-likeness (QED) is 0.801. The maximum Gasteiger partial charge on any atom is 0.406 e. The van der Waals surface area contributed by atoms with Crippen LogP contribution in [0.4, 0.5) is 13.2 Å². The minimum absolute atomic E-state index is 0.